The third kappa shape index (κ3) is 5.40. The Kier molecular flexibility index (Phi) is 7.15. The second-order valence-electron chi connectivity index (χ2n) is 8.15. The van der Waals surface area contributed by atoms with Crippen LogP contribution in [0.15, 0.2) is 59.5 Å². The lowest BCUT2D eigenvalue weighted by Crippen LogP contribution is -2.39. The molecule has 7 heteroatoms. The molecule has 0 aromatic heterocycles. The lowest BCUT2D eigenvalue weighted by Gasteiger charge is -2.33. The van der Waals surface area contributed by atoms with Crippen LogP contribution < -0.4 is 10.2 Å². The van der Waals surface area contributed by atoms with E-state index in [9.17, 15) is 13.2 Å². The average Bonchev–Trinajstić information content (AvgIpc) is 2.74. The van der Waals surface area contributed by atoms with Crippen LogP contribution in [0.25, 0.3) is 0 Å². The van der Waals surface area contributed by atoms with Gasteiger partial charge in [-0.1, -0.05) is 37.3 Å². The van der Waals surface area contributed by atoms with E-state index < -0.39 is 10.0 Å². The number of carbonyl (C=O) groups is 1. The normalized spacial score (nSPS) is 18.3. The quantitative estimate of drug-likeness (QED) is 0.732. The van der Waals surface area contributed by atoms with Crippen molar-refractivity contribution in [2.75, 3.05) is 31.6 Å². The van der Waals surface area contributed by atoms with Gasteiger partial charge in [-0.05, 0) is 55.5 Å². The highest BCUT2D eigenvalue weighted by atomic mass is 32.2. The molecule has 1 saturated heterocycles. The zero-order valence-corrected chi connectivity index (χ0v) is 18.7. The summed E-state index contributed by atoms with van der Waals surface area (Å²) in [6.07, 6.45) is 2.50. The number of nitrogens with one attached hydrogen (secondary N) is 1. The molecule has 2 aromatic carbocycles. The van der Waals surface area contributed by atoms with Crippen molar-refractivity contribution >= 4 is 21.6 Å². The fraction of sp³-hybridized carbons (Fsp3) is 0.435. The first kappa shape index (κ1) is 22.3. The third-order valence-electron chi connectivity index (χ3n) is 5.61. The Labute approximate surface area is 179 Å². The van der Waals surface area contributed by atoms with Gasteiger partial charge in [0.2, 0.25) is 15.9 Å². The zero-order valence-electron chi connectivity index (χ0n) is 17.9. The summed E-state index contributed by atoms with van der Waals surface area (Å²) in [6, 6.07) is 16.2. The van der Waals surface area contributed by atoms with Crippen LogP contribution >= 0.6 is 0 Å². The van der Waals surface area contributed by atoms with E-state index >= 15 is 0 Å². The van der Waals surface area contributed by atoms with Crippen molar-refractivity contribution in [2.24, 2.45) is 5.92 Å². The number of piperidine rings is 1. The molecule has 1 aliphatic rings. The number of anilines is 1. The van der Waals surface area contributed by atoms with Crippen molar-refractivity contribution in [3.63, 3.8) is 0 Å². The van der Waals surface area contributed by atoms with Gasteiger partial charge < -0.3 is 10.2 Å². The molecule has 0 saturated carbocycles. The van der Waals surface area contributed by atoms with Crippen molar-refractivity contribution in [3.05, 3.63) is 60.2 Å². The van der Waals surface area contributed by atoms with Gasteiger partial charge in [0.25, 0.3) is 0 Å². The van der Waals surface area contributed by atoms with Crippen LogP contribution in [0.5, 0.6) is 0 Å². The Morgan fingerprint density at radius 1 is 1.17 bits per heavy atom. The molecule has 0 bridgehead atoms. The van der Waals surface area contributed by atoms with Gasteiger partial charge in [-0.2, -0.15) is 4.31 Å². The van der Waals surface area contributed by atoms with Gasteiger partial charge in [-0.3, -0.25) is 4.79 Å². The van der Waals surface area contributed by atoms with Gasteiger partial charge in [-0.15, -0.1) is 0 Å². The van der Waals surface area contributed by atoms with E-state index in [0.717, 1.165) is 23.0 Å². The standard InChI is InChI=1S/C23H31N3O3S/c1-18-8-7-15-26(16-18)21-13-11-20(12-14-21)19(2)24-23(27)17-25(3)30(28,29)22-9-5-4-6-10-22/h4-6,9-14,18-19H,7-8,15-17H2,1-3H3,(H,24,27)/t18-,19+/m0/s1. The fourth-order valence-electron chi connectivity index (χ4n) is 3.83. The maximum atomic E-state index is 12.6. The predicted molar refractivity (Wildman–Crippen MR) is 120 cm³/mol. The minimum Gasteiger partial charge on any atom is -0.371 e. The lowest BCUT2D eigenvalue weighted by molar-refractivity contribution is -0.121. The van der Waals surface area contributed by atoms with E-state index in [2.05, 4.69) is 29.3 Å². The van der Waals surface area contributed by atoms with Crippen molar-refractivity contribution in [1.82, 2.24) is 9.62 Å². The summed E-state index contributed by atoms with van der Waals surface area (Å²) in [5.41, 5.74) is 2.20. The van der Waals surface area contributed by atoms with E-state index in [1.165, 1.54) is 37.7 Å². The summed E-state index contributed by atoms with van der Waals surface area (Å²) in [5, 5.41) is 2.90. The number of rotatable bonds is 7. The van der Waals surface area contributed by atoms with Crippen LogP contribution in [0.4, 0.5) is 5.69 Å². The second-order valence-corrected chi connectivity index (χ2v) is 10.2. The van der Waals surface area contributed by atoms with Gasteiger partial charge in [0, 0.05) is 25.8 Å². The molecule has 0 unspecified atom stereocenters. The Balaban J connectivity index is 1.57. The summed E-state index contributed by atoms with van der Waals surface area (Å²) in [7, 11) is -2.27. The van der Waals surface area contributed by atoms with Gasteiger partial charge >= 0.3 is 0 Å². The molecule has 3 rings (SSSR count). The van der Waals surface area contributed by atoms with Gasteiger partial charge in [0.15, 0.2) is 0 Å². The highest BCUT2D eigenvalue weighted by Gasteiger charge is 2.23. The Hall–Kier alpha value is -2.38. The minimum absolute atomic E-state index is 0.177. The number of hydrogen-bond donors (Lipinski definition) is 1. The molecule has 30 heavy (non-hydrogen) atoms. The molecular formula is C23H31N3O3S. The molecule has 1 amide bonds. The Morgan fingerprint density at radius 2 is 1.83 bits per heavy atom. The molecule has 0 spiro atoms. The van der Waals surface area contributed by atoms with Crippen molar-refractivity contribution in [2.45, 2.75) is 37.6 Å². The largest absolute Gasteiger partial charge is 0.371 e. The Bertz CT molecular complexity index is 945. The molecule has 1 N–H and O–H groups in total. The first-order valence-electron chi connectivity index (χ1n) is 10.4. The summed E-state index contributed by atoms with van der Waals surface area (Å²) in [4.78, 5) is 15.0. The molecule has 0 aliphatic carbocycles. The summed E-state index contributed by atoms with van der Waals surface area (Å²) in [5.74, 6) is 0.374. The lowest BCUT2D eigenvalue weighted by atomic mass is 9.99. The van der Waals surface area contributed by atoms with Gasteiger partial charge in [-0.25, -0.2) is 8.42 Å². The first-order chi connectivity index (χ1) is 14.3. The maximum Gasteiger partial charge on any atom is 0.243 e. The number of sulfonamides is 1. The number of benzene rings is 2. The van der Waals surface area contributed by atoms with E-state index in [4.69, 9.17) is 0 Å². The average molecular weight is 430 g/mol. The van der Waals surface area contributed by atoms with Crippen molar-refractivity contribution in [3.8, 4) is 0 Å². The third-order valence-corrected chi connectivity index (χ3v) is 7.43. The summed E-state index contributed by atoms with van der Waals surface area (Å²) < 4.78 is 26.2. The number of amides is 1. The van der Waals surface area contributed by atoms with Crippen LogP contribution in [0.3, 0.4) is 0 Å². The van der Waals surface area contributed by atoms with Crippen LogP contribution in [-0.2, 0) is 14.8 Å². The van der Waals surface area contributed by atoms with Crippen LogP contribution in [0, 0.1) is 5.92 Å². The summed E-state index contributed by atoms with van der Waals surface area (Å²) >= 11 is 0. The number of likely N-dealkylation sites (N-methyl/N-ethyl adjacent to an activating group) is 1. The molecule has 1 fully saturated rings. The van der Waals surface area contributed by atoms with Crippen molar-refractivity contribution in [1.29, 1.82) is 0 Å². The molecule has 1 aliphatic heterocycles. The number of carbonyl (C=O) groups excluding carboxylic acids is 1. The molecule has 2 aromatic rings. The van der Waals surface area contributed by atoms with Crippen LogP contribution in [-0.4, -0.2) is 45.3 Å². The molecule has 162 valence electrons. The van der Waals surface area contributed by atoms with E-state index in [0.29, 0.717) is 5.92 Å². The molecule has 2 atom stereocenters. The van der Waals surface area contributed by atoms with Crippen LogP contribution in [0.2, 0.25) is 0 Å². The maximum absolute atomic E-state index is 12.6. The van der Waals surface area contributed by atoms with Crippen LogP contribution in [0.1, 0.15) is 38.3 Å². The molecule has 1 heterocycles. The second kappa shape index (κ2) is 9.62. The van der Waals surface area contributed by atoms with E-state index in [1.54, 1.807) is 18.2 Å². The SMILES string of the molecule is C[C@H]1CCCN(c2ccc([C@@H](C)NC(=O)CN(C)S(=O)(=O)c3ccccc3)cc2)C1. The molecule has 0 radical (unpaired) electrons. The van der Waals surface area contributed by atoms with Gasteiger partial charge in [0.1, 0.15) is 0 Å². The zero-order chi connectivity index (χ0) is 21.7. The smallest absolute Gasteiger partial charge is 0.243 e. The number of nitrogens with zero attached hydrogens (tertiary/aromatic N) is 2. The monoisotopic (exact) mass is 429 g/mol. The minimum atomic E-state index is -3.69. The summed E-state index contributed by atoms with van der Waals surface area (Å²) in [6.45, 7) is 6.12. The van der Waals surface area contributed by atoms with E-state index in [-0.39, 0.29) is 23.4 Å². The molecular weight excluding hydrogens is 398 g/mol. The predicted octanol–water partition coefficient (Wildman–Crippen LogP) is 3.42. The highest BCUT2D eigenvalue weighted by Crippen LogP contribution is 2.24. The van der Waals surface area contributed by atoms with E-state index in [1.807, 2.05) is 19.1 Å². The highest BCUT2D eigenvalue weighted by molar-refractivity contribution is 7.89. The fourth-order valence-corrected chi connectivity index (χ4v) is 4.98. The number of hydrogen-bond acceptors (Lipinski definition) is 4. The molecule has 6 nitrogen and oxygen atoms in total. The topological polar surface area (TPSA) is 69.7 Å². The first-order valence-corrected chi connectivity index (χ1v) is 11.9. The van der Waals surface area contributed by atoms with Gasteiger partial charge in [0.05, 0.1) is 17.5 Å². The Morgan fingerprint density at radius 3 is 2.47 bits per heavy atom. The van der Waals surface area contributed by atoms with Crippen molar-refractivity contribution < 1.29 is 13.2 Å².